The Morgan fingerprint density at radius 3 is 3.16 bits per heavy atom. The Hall–Kier alpha value is -1.59. The van der Waals surface area contributed by atoms with Crippen molar-refractivity contribution in [3.05, 3.63) is 24.3 Å². The van der Waals surface area contributed by atoms with Gasteiger partial charge in [0.05, 0.1) is 6.10 Å². The molecule has 1 heterocycles. The second-order valence-electron chi connectivity index (χ2n) is 4.56. The van der Waals surface area contributed by atoms with E-state index in [0.717, 1.165) is 30.9 Å². The van der Waals surface area contributed by atoms with Crippen LogP contribution in [0.3, 0.4) is 0 Å². The summed E-state index contributed by atoms with van der Waals surface area (Å²) in [4.78, 5) is 11.4. The molecule has 5 heteroatoms. The average molecular weight is 264 g/mol. The molecule has 1 aromatic carbocycles. The van der Waals surface area contributed by atoms with Crippen LogP contribution in [0.4, 0.5) is 5.69 Å². The lowest BCUT2D eigenvalue weighted by Gasteiger charge is -2.12. The molecule has 104 valence electrons. The summed E-state index contributed by atoms with van der Waals surface area (Å²) >= 11 is 0. The number of hydrogen-bond donors (Lipinski definition) is 2. The summed E-state index contributed by atoms with van der Waals surface area (Å²) in [6, 6.07) is 7.35. The zero-order valence-electron chi connectivity index (χ0n) is 10.9. The molecule has 1 saturated heterocycles. The van der Waals surface area contributed by atoms with Crippen LogP contribution in [0.2, 0.25) is 0 Å². The second-order valence-corrected chi connectivity index (χ2v) is 4.56. The van der Waals surface area contributed by atoms with Gasteiger partial charge in [0.1, 0.15) is 12.4 Å². The fraction of sp³-hybridized carbons (Fsp3) is 0.500. The molecule has 1 aliphatic rings. The highest BCUT2D eigenvalue weighted by Gasteiger charge is 2.15. The summed E-state index contributed by atoms with van der Waals surface area (Å²) in [5, 5.41) is 2.78. The van der Waals surface area contributed by atoms with Crippen LogP contribution in [0.25, 0.3) is 0 Å². The quantitative estimate of drug-likeness (QED) is 0.817. The molecule has 1 aliphatic heterocycles. The minimum absolute atomic E-state index is 0.0845. The number of anilines is 1. The van der Waals surface area contributed by atoms with Crippen LogP contribution >= 0.6 is 0 Å². The largest absolute Gasteiger partial charge is 0.491 e. The van der Waals surface area contributed by atoms with Gasteiger partial charge < -0.3 is 20.5 Å². The minimum Gasteiger partial charge on any atom is -0.491 e. The number of amides is 1. The Morgan fingerprint density at radius 1 is 1.53 bits per heavy atom. The molecule has 0 aromatic heterocycles. The summed E-state index contributed by atoms with van der Waals surface area (Å²) in [5.41, 5.74) is 6.06. The molecule has 1 unspecified atom stereocenters. The molecule has 0 radical (unpaired) electrons. The van der Waals surface area contributed by atoms with Gasteiger partial charge in [-0.15, -0.1) is 0 Å². The van der Waals surface area contributed by atoms with Crippen LogP contribution < -0.4 is 15.8 Å². The van der Waals surface area contributed by atoms with Crippen molar-refractivity contribution in [2.75, 3.05) is 25.1 Å². The number of benzene rings is 1. The summed E-state index contributed by atoms with van der Waals surface area (Å²) in [5.74, 6) is 0.653. The van der Waals surface area contributed by atoms with E-state index in [1.54, 1.807) is 0 Å². The SMILES string of the molecule is NCCC(=O)Nc1cccc(OCC2CCCO2)c1. The monoisotopic (exact) mass is 264 g/mol. The average Bonchev–Trinajstić information content (AvgIpc) is 2.90. The van der Waals surface area contributed by atoms with E-state index in [9.17, 15) is 4.79 Å². The van der Waals surface area contributed by atoms with Gasteiger partial charge in [-0.2, -0.15) is 0 Å². The van der Waals surface area contributed by atoms with E-state index in [4.69, 9.17) is 15.2 Å². The Bertz CT molecular complexity index is 417. The molecule has 1 amide bonds. The summed E-state index contributed by atoms with van der Waals surface area (Å²) < 4.78 is 11.2. The van der Waals surface area contributed by atoms with Crippen molar-refractivity contribution in [1.82, 2.24) is 0 Å². The van der Waals surface area contributed by atoms with E-state index >= 15 is 0 Å². The predicted molar refractivity (Wildman–Crippen MR) is 73.2 cm³/mol. The first-order valence-corrected chi connectivity index (χ1v) is 6.62. The molecule has 0 bridgehead atoms. The lowest BCUT2D eigenvalue weighted by atomic mass is 10.2. The highest BCUT2D eigenvalue weighted by Crippen LogP contribution is 2.19. The lowest BCUT2D eigenvalue weighted by molar-refractivity contribution is -0.116. The number of nitrogens with two attached hydrogens (primary N) is 1. The maximum absolute atomic E-state index is 11.4. The Kier molecular flexibility index (Phi) is 5.18. The molecular formula is C14H20N2O3. The first kappa shape index (κ1) is 13.8. The zero-order valence-corrected chi connectivity index (χ0v) is 10.9. The van der Waals surface area contributed by atoms with Crippen molar-refractivity contribution >= 4 is 11.6 Å². The van der Waals surface area contributed by atoms with Gasteiger partial charge in [0.25, 0.3) is 0 Å². The van der Waals surface area contributed by atoms with E-state index in [1.165, 1.54) is 0 Å². The summed E-state index contributed by atoms with van der Waals surface area (Å²) in [6.45, 7) is 1.73. The topological polar surface area (TPSA) is 73.6 Å². The first-order valence-electron chi connectivity index (χ1n) is 6.62. The molecule has 2 rings (SSSR count). The number of rotatable bonds is 6. The molecule has 1 fully saturated rings. The Labute approximate surface area is 113 Å². The second kappa shape index (κ2) is 7.11. The highest BCUT2D eigenvalue weighted by molar-refractivity contribution is 5.90. The third kappa shape index (κ3) is 4.54. The van der Waals surface area contributed by atoms with E-state index in [2.05, 4.69) is 5.32 Å². The first-order chi connectivity index (χ1) is 9.28. The van der Waals surface area contributed by atoms with Gasteiger partial charge in [-0.1, -0.05) is 6.07 Å². The van der Waals surface area contributed by atoms with E-state index in [0.29, 0.717) is 19.6 Å². The fourth-order valence-electron chi connectivity index (χ4n) is 1.98. The number of nitrogens with one attached hydrogen (secondary N) is 1. The zero-order chi connectivity index (χ0) is 13.5. The van der Waals surface area contributed by atoms with E-state index < -0.39 is 0 Å². The molecular weight excluding hydrogens is 244 g/mol. The van der Waals surface area contributed by atoms with Crippen LogP contribution in [0.15, 0.2) is 24.3 Å². The Morgan fingerprint density at radius 2 is 2.42 bits per heavy atom. The maximum atomic E-state index is 11.4. The minimum atomic E-state index is -0.0845. The molecule has 5 nitrogen and oxygen atoms in total. The van der Waals surface area contributed by atoms with Gasteiger partial charge in [-0.05, 0) is 25.0 Å². The molecule has 3 N–H and O–H groups in total. The molecule has 0 saturated carbocycles. The predicted octanol–water partition coefficient (Wildman–Crippen LogP) is 1.53. The number of hydrogen-bond acceptors (Lipinski definition) is 4. The summed E-state index contributed by atoms with van der Waals surface area (Å²) in [6.07, 6.45) is 2.66. The van der Waals surface area contributed by atoms with Crippen molar-refractivity contribution in [2.45, 2.75) is 25.4 Å². The van der Waals surface area contributed by atoms with Gasteiger partial charge in [0, 0.05) is 31.3 Å². The molecule has 1 atom stereocenters. The van der Waals surface area contributed by atoms with Crippen LogP contribution in [-0.2, 0) is 9.53 Å². The normalized spacial score (nSPS) is 18.3. The summed E-state index contributed by atoms with van der Waals surface area (Å²) in [7, 11) is 0. The third-order valence-corrected chi connectivity index (χ3v) is 2.95. The van der Waals surface area contributed by atoms with Crippen LogP contribution in [0.1, 0.15) is 19.3 Å². The lowest BCUT2D eigenvalue weighted by Crippen LogP contribution is -2.17. The third-order valence-electron chi connectivity index (χ3n) is 2.95. The number of ether oxygens (including phenoxy) is 2. The Balaban J connectivity index is 1.85. The molecule has 0 aliphatic carbocycles. The van der Waals surface area contributed by atoms with Crippen LogP contribution in [0, 0.1) is 0 Å². The van der Waals surface area contributed by atoms with Crippen molar-refractivity contribution in [1.29, 1.82) is 0 Å². The smallest absolute Gasteiger partial charge is 0.225 e. The van der Waals surface area contributed by atoms with Crippen molar-refractivity contribution < 1.29 is 14.3 Å². The van der Waals surface area contributed by atoms with Crippen molar-refractivity contribution in [3.63, 3.8) is 0 Å². The van der Waals surface area contributed by atoms with Gasteiger partial charge in [0.2, 0.25) is 5.91 Å². The van der Waals surface area contributed by atoms with Crippen molar-refractivity contribution in [2.24, 2.45) is 5.73 Å². The molecule has 0 spiro atoms. The molecule has 19 heavy (non-hydrogen) atoms. The maximum Gasteiger partial charge on any atom is 0.225 e. The number of carbonyl (C=O) groups excluding carboxylic acids is 1. The van der Waals surface area contributed by atoms with Crippen molar-refractivity contribution in [3.8, 4) is 5.75 Å². The van der Waals surface area contributed by atoms with Gasteiger partial charge in [-0.25, -0.2) is 0 Å². The molecule has 1 aromatic rings. The van der Waals surface area contributed by atoms with E-state index in [-0.39, 0.29) is 12.0 Å². The fourth-order valence-corrected chi connectivity index (χ4v) is 1.98. The number of carbonyl (C=O) groups is 1. The van der Waals surface area contributed by atoms with Gasteiger partial charge >= 0.3 is 0 Å². The van der Waals surface area contributed by atoms with Crippen LogP contribution in [-0.4, -0.2) is 31.8 Å². The highest BCUT2D eigenvalue weighted by atomic mass is 16.5. The van der Waals surface area contributed by atoms with Gasteiger partial charge in [0.15, 0.2) is 0 Å². The van der Waals surface area contributed by atoms with E-state index in [1.807, 2.05) is 24.3 Å². The van der Waals surface area contributed by atoms with Crippen LogP contribution in [0.5, 0.6) is 5.75 Å². The van der Waals surface area contributed by atoms with Gasteiger partial charge in [-0.3, -0.25) is 4.79 Å². The standard InChI is InChI=1S/C14H20N2O3/c15-7-6-14(17)16-11-3-1-4-12(9-11)19-10-13-5-2-8-18-13/h1,3-4,9,13H,2,5-8,10,15H2,(H,16,17).